The van der Waals surface area contributed by atoms with Crippen LogP contribution in [0.5, 0.6) is 5.75 Å². The lowest BCUT2D eigenvalue weighted by molar-refractivity contribution is -0.117. The number of anilines is 2. The number of halogens is 4. The number of rotatable bonds is 24. The number of ether oxygens (including phenoxy) is 1. The lowest BCUT2D eigenvalue weighted by atomic mass is 10.0. The molecule has 63 heavy (non-hydrogen) atoms. The van der Waals surface area contributed by atoms with Crippen LogP contribution < -0.4 is 20.5 Å². The zero-order chi connectivity index (χ0) is 44.4. The van der Waals surface area contributed by atoms with Crippen LogP contribution in [0.15, 0.2) is 112 Å². The van der Waals surface area contributed by atoms with E-state index in [-0.39, 0.29) is 38.2 Å². The highest BCUT2D eigenvalue weighted by Gasteiger charge is 2.41. The van der Waals surface area contributed by atoms with Crippen molar-refractivity contribution in [1.29, 1.82) is 0 Å². The number of aliphatic imine (C=N–C) groups is 1. The molecule has 5 aromatic carbocycles. The van der Waals surface area contributed by atoms with E-state index in [0.717, 1.165) is 29.4 Å². The van der Waals surface area contributed by atoms with Crippen LogP contribution in [0.2, 0.25) is 20.1 Å². The van der Waals surface area contributed by atoms with Gasteiger partial charge < -0.3 is 10.1 Å². The summed E-state index contributed by atoms with van der Waals surface area (Å²) in [4.78, 5) is 32.1. The van der Waals surface area contributed by atoms with E-state index >= 15 is 0 Å². The zero-order valence-corrected chi connectivity index (χ0v) is 38.9. The van der Waals surface area contributed by atoms with Gasteiger partial charge in [0.05, 0.1) is 33.0 Å². The lowest BCUT2D eigenvalue weighted by Crippen LogP contribution is -2.36. The minimum absolute atomic E-state index is 0.103. The van der Waals surface area contributed by atoms with E-state index in [0.29, 0.717) is 28.6 Å². The molecule has 2 N–H and O–H groups in total. The Bertz CT molecular complexity index is 2330. The minimum Gasteiger partial charge on any atom is -0.494 e. The van der Waals surface area contributed by atoms with Crippen LogP contribution in [0.25, 0.3) is 10.8 Å². The molecule has 1 heterocycles. The monoisotopic (exact) mass is 928 g/mol. The summed E-state index contributed by atoms with van der Waals surface area (Å²) < 4.78 is 5.97. The Kier molecular flexibility index (Phi) is 19.0. The van der Waals surface area contributed by atoms with Crippen LogP contribution in [-0.4, -0.2) is 30.3 Å². The van der Waals surface area contributed by atoms with E-state index in [1.165, 1.54) is 107 Å². The molecule has 5 aromatic rings. The second-order valence-electron chi connectivity index (χ2n) is 15.9. The Morgan fingerprint density at radius 1 is 0.683 bits per heavy atom. The van der Waals surface area contributed by atoms with E-state index in [1.807, 2.05) is 42.5 Å². The van der Waals surface area contributed by atoms with Crippen molar-refractivity contribution in [2.24, 2.45) is 15.2 Å². The van der Waals surface area contributed by atoms with Gasteiger partial charge in [-0.2, -0.15) is 10.2 Å². The van der Waals surface area contributed by atoms with Gasteiger partial charge in [0.25, 0.3) is 11.8 Å². The van der Waals surface area contributed by atoms with Crippen LogP contribution in [0.3, 0.4) is 0 Å². The molecule has 332 valence electrons. The molecule has 1 fully saturated rings. The van der Waals surface area contributed by atoms with Crippen LogP contribution in [-0.2, 0) is 4.79 Å². The summed E-state index contributed by atoms with van der Waals surface area (Å²) in [6, 6.07) is 27.1. The molecule has 1 saturated heterocycles. The number of hydrogen-bond acceptors (Lipinski definition) is 6. The third kappa shape index (κ3) is 14.2. The van der Waals surface area contributed by atoms with Crippen molar-refractivity contribution in [3.8, 4) is 5.75 Å². The largest absolute Gasteiger partial charge is 0.494 e. The number of fused-ring (bicyclic) bond motifs is 1. The first-order chi connectivity index (χ1) is 30.7. The Labute approximate surface area is 391 Å². The molecule has 0 aliphatic carbocycles. The van der Waals surface area contributed by atoms with E-state index in [2.05, 4.69) is 27.9 Å². The molecule has 0 radical (unpaired) electrons. The van der Waals surface area contributed by atoms with Crippen LogP contribution in [0.4, 0.5) is 22.7 Å². The first-order valence-electron chi connectivity index (χ1n) is 22.3. The summed E-state index contributed by atoms with van der Waals surface area (Å²) in [5.41, 5.74) is 4.90. The lowest BCUT2D eigenvalue weighted by Gasteiger charge is -2.19. The molecule has 0 aromatic heterocycles. The average Bonchev–Trinajstić information content (AvgIpc) is 3.57. The standard InChI is InChI=1S/C50H56Cl4N6O3/c1-2-3-4-5-6-7-8-9-10-11-12-13-14-15-16-19-31-63-39-28-25-36(26-29-39)49(61)55-38-27-30-41(52)45(34-38)56-48-46(58-57-44-24-20-22-35-21-17-18-23-40(35)44)50(62)60(59-48)47-42(53)32-37(51)33-43(47)54/h17-18,20-30,32-34,46H,2-16,19,31H2,1H3,(H,55,61)(H,56,59)/t46-/m1/s1. The van der Waals surface area contributed by atoms with E-state index in [1.54, 1.807) is 42.5 Å². The maximum absolute atomic E-state index is 14.0. The van der Waals surface area contributed by atoms with Gasteiger partial charge in [0.1, 0.15) is 11.4 Å². The number of nitrogens with zero attached hydrogens (tertiary/aromatic N) is 4. The number of amides is 2. The second kappa shape index (κ2) is 25.0. The molecule has 0 bridgehead atoms. The highest BCUT2D eigenvalue weighted by molar-refractivity contribution is 6.43. The van der Waals surface area contributed by atoms with Gasteiger partial charge >= 0.3 is 0 Å². The molecular weight excluding hydrogens is 874 g/mol. The fraction of sp³-hybridized carbons (Fsp3) is 0.380. The number of amidine groups is 1. The van der Waals surface area contributed by atoms with Gasteiger partial charge in [-0.1, -0.05) is 186 Å². The van der Waals surface area contributed by atoms with Gasteiger partial charge in [-0.05, 0) is 72.5 Å². The number of benzene rings is 5. The van der Waals surface area contributed by atoms with E-state index in [4.69, 9.17) is 56.1 Å². The quantitative estimate of drug-likeness (QED) is 0.0475. The number of hydrogen-bond donors (Lipinski definition) is 2. The van der Waals surface area contributed by atoms with Gasteiger partial charge in [0.2, 0.25) is 6.04 Å². The number of nitrogens with one attached hydrogen (secondary N) is 2. The molecule has 6 rings (SSSR count). The normalized spacial score (nSPS) is 14.6. The highest BCUT2D eigenvalue weighted by atomic mass is 35.5. The molecule has 2 amide bonds. The van der Waals surface area contributed by atoms with E-state index in [9.17, 15) is 9.59 Å². The fourth-order valence-electron chi connectivity index (χ4n) is 7.54. The van der Waals surface area contributed by atoms with Gasteiger partial charge in [-0.25, -0.2) is 10.0 Å². The van der Waals surface area contributed by atoms with Gasteiger partial charge in [-0.15, -0.1) is 0 Å². The van der Waals surface area contributed by atoms with Crippen molar-refractivity contribution in [1.82, 2.24) is 5.43 Å². The Balaban J connectivity index is 1.01. The van der Waals surface area contributed by atoms with Crippen LogP contribution in [0, 0.1) is 0 Å². The zero-order valence-electron chi connectivity index (χ0n) is 35.9. The number of hydrazine groups is 1. The first kappa shape index (κ1) is 47.8. The summed E-state index contributed by atoms with van der Waals surface area (Å²) in [6.07, 6.45) is 21.2. The molecule has 13 heteroatoms. The average molecular weight is 931 g/mol. The second-order valence-corrected chi connectivity index (χ2v) is 17.6. The number of azo groups is 1. The van der Waals surface area contributed by atoms with Crippen molar-refractivity contribution >= 4 is 97.6 Å². The Morgan fingerprint density at radius 2 is 1.29 bits per heavy atom. The van der Waals surface area contributed by atoms with Crippen molar-refractivity contribution in [3.05, 3.63) is 123 Å². The minimum atomic E-state index is -1.23. The van der Waals surface area contributed by atoms with Crippen molar-refractivity contribution < 1.29 is 14.3 Å². The third-order valence-corrected chi connectivity index (χ3v) is 12.1. The molecular formula is C50H56Cl4N6O3. The SMILES string of the molecule is CCCCCCCCCCCCCCCCCCOc1ccc(C(=O)Nc2ccc(Cl)c(N=C3NN(c4c(Cl)cc(Cl)cc4Cl)C(=O)[C@@H]3N=Nc3cccc4ccccc34)c2)cc1. The molecule has 9 nitrogen and oxygen atoms in total. The number of carbonyl (C=O) groups excluding carboxylic acids is 2. The number of carbonyl (C=O) groups is 2. The summed E-state index contributed by atoms with van der Waals surface area (Å²) in [7, 11) is 0. The van der Waals surface area contributed by atoms with Crippen LogP contribution >= 0.6 is 46.4 Å². The Morgan fingerprint density at radius 3 is 1.94 bits per heavy atom. The van der Waals surface area contributed by atoms with Gasteiger partial charge in [-0.3, -0.25) is 15.0 Å². The van der Waals surface area contributed by atoms with Crippen LogP contribution in [0.1, 0.15) is 120 Å². The maximum Gasteiger partial charge on any atom is 0.280 e. The van der Waals surface area contributed by atoms with Gasteiger partial charge in [0, 0.05) is 21.7 Å². The van der Waals surface area contributed by atoms with Gasteiger partial charge in [0.15, 0.2) is 5.84 Å². The van der Waals surface area contributed by atoms with E-state index < -0.39 is 11.9 Å². The smallest absolute Gasteiger partial charge is 0.280 e. The topological polar surface area (TPSA) is 108 Å². The van der Waals surface area contributed by atoms with Crippen molar-refractivity contribution in [2.75, 3.05) is 16.9 Å². The Hall–Kier alpha value is -4.67. The predicted molar refractivity (Wildman–Crippen MR) is 262 cm³/mol. The fourth-order valence-corrected chi connectivity index (χ4v) is 8.69. The predicted octanol–water partition coefficient (Wildman–Crippen LogP) is 16.1. The molecule has 1 aliphatic heterocycles. The summed E-state index contributed by atoms with van der Waals surface area (Å²) in [5, 5.41) is 15.7. The molecule has 0 unspecified atom stereocenters. The molecule has 1 aliphatic rings. The summed E-state index contributed by atoms with van der Waals surface area (Å²) in [6.45, 7) is 2.92. The molecule has 0 saturated carbocycles. The summed E-state index contributed by atoms with van der Waals surface area (Å²) in [5.74, 6) is -0.0407. The number of unbranched alkanes of at least 4 members (excludes halogenated alkanes) is 15. The molecule has 1 atom stereocenters. The first-order valence-corrected chi connectivity index (χ1v) is 23.8. The summed E-state index contributed by atoms with van der Waals surface area (Å²) >= 11 is 25.9. The van der Waals surface area contributed by atoms with Crippen molar-refractivity contribution in [2.45, 2.75) is 116 Å². The highest BCUT2D eigenvalue weighted by Crippen LogP contribution is 2.39. The third-order valence-electron chi connectivity index (χ3n) is 11.0. The molecule has 0 spiro atoms. The maximum atomic E-state index is 14.0. The van der Waals surface area contributed by atoms with Crippen molar-refractivity contribution in [3.63, 3.8) is 0 Å².